The maximum absolute atomic E-state index is 12.3. The number of carbonyl (C=O) groups is 1. The monoisotopic (exact) mass is 326 g/mol. The number of primary sulfonamides is 1. The van der Waals surface area contributed by atoms with Crippen LogP contribution in [0.15, 0.2) is 29.2 Å². The lowest BCUT2D eigenvalue weighted by Gasteiger charge is -2.25. The van der Waals surface area contributed by atoms with Crippen molar-refractivity contribution in [2.24, 2.45) is 5.14 Å². The van der Waals surface area contributed by atoms with Crippen molar-refractivity contribution in [3.63, 3.8) is 0 Å². The van der Waals surface area contributed by atoms with Crippen molar-refractivity contribution in [1.82, 2.24) is 4.90 Å². The van der Waals surface area contributed by atoms with Gasteiger partial charge in [0.2, 0.25) is 10.0 Å². The first-order valence-electron chi connectivity index (χ1n) is 7.38. The molecule has 1 aromatic carbocycles. The highest BCUT2D eigenvalue weighted by Gasteiger charge is 2.17. The highest BCUT2D eigenvalue weighted by atomic mass is 32.2. The van der Waals surface area contributed by atoms with Crippen molar-refractivity contribution < 1.29 is 17.9 Å². The van der Waals surface area contributed by atoms with Gasteiger partial charge in [0.05, 0.1) is 11.0 Å². The molecule has 1 aliphatic heterocycles. The van der Waals surface area contributed by atoms with Crippen molar-refractivity contribution in [2.45, 2.75) is 36.7 Å². The first-order chi connectivity index (χ1) is 10.4. The van der Waals surface area contributed by atoms with Crippen LogP contribution in [0.2, 0.25) is 0 Å². The minimum absolute atomic E-state index is 0.00214. The summed E-state index contributed by atoms with van der Waals surface area (Å²) in [5.41, 5.74) is 0.444. The van der Waals surface area contributed by atoms with Crippen LogP contribution in [0.4, 0.5) is 0 Å². The molecule has 22 heavy (non-hydrogen) atoms. The Balaban J connectivity index is 1.92. The molecule has 0 spiro atoms. The first-order valence-corrected chi connectivity index (χ1v) is 8.92. The molecule has 0 saturated carbocycles. The maximum atomic E-state index is 12.3. The Morgan fingerprint density at radius 3 is 2.55 bits per heavy atom. The fourth-order valence-electron chi connectivity index (χ4n) is 2.48. The van der Waals surface area contributed by atoms with Gasteiger partial charge in [0, 0.05) is 25.8 Å². The fraction of sp³-hybridized carbons (Fsp3) is 0.533. The standard InChI is InChI=1S/C15H22N2O4S/c1-17(10-9-13-4-2-3-11-21-13)15(18)12-5-7-14(8-6-12)22(16,19)20/h5-8,13H,2-4,9-11H2,1H3,(H2,16,19,20)/t13-/m0/s1. The summed E-state index contributed by atoms with van der Waals surface area (Å²) in [6.07, 6.45) is 4.38. The maximum Gasteiger partial charge on any atom is 0.253 e. The van der Waals surface area contributed by atoms with Crippen molar-refractivity contribution in [2.75, 3.05) is 20.2 Å². The molecular weight excluding hydrogens is 304 g/mol. The van der Waals surface area contributed by atoms with Gasteiger partial charge in [0.15, 0.2) is 0 Å². The third kappa shape index (κ3) is 4.53. The molecule has 1 aromatic rings. The van der Waals surface area contributed by atoms with E-state index in [9.17, 15) is 13.2 Å². The molecule has 1 heterocycles. The van der Waals surface area contributed by atoms with E-state index in [1.807, 2.05) is 0 Å². The Hall–Kier alpha value is -1.44. The highest BCUT2D eigenvalue weighted by Crippen LogP contribution is 2.16. The van der Waals surface area contributed by atoms with Crippen LogP contribution in [-0.4, -0.2) is 45.5 Å². The number of nitrogens with zero attached hydrogens (tertiary/aromatic N) is 1. The number of ether oxygens (including phenoxy) is 1. The van der Waals surface area contributed by atoms with Crippen molar-refractivity contribution in [1.29, 1.82) is 0 Å². The summed E-state index contributed by atoms with van der Waals surface area (Å²) in [7, 11) is -2.00. The molecule has 1 amide bonds. The van der Waals surface area contributed by atoms with E-state index in [0.29, 0.717) is 12.1 Å². The summed E-state index contributed by atoms with van der Waals surface area (Å²) >= 11 is 0. The van der Waals surface area contributed by atoms with Crippen LogP contribution in [0.1, 0.15) is 36.0 Å². The van der Waals surface area contributed by atoms with Crippen LogP contribution < -0.4 is 5.14 Å². The Labute approximate surface area is 131 Å². The van der Waals surface area contributed by atoms with Crippen molar-refractivity contribution in [3.8, 4) is 0 Å². The number of nitrogens with two attached hydrogens (primary N) is 1. The van der Waals surface area contributed by atoms with E-state index in [0.717, 1.165) is 25.9 Å². The molecule has 0 aliphatic carbocycles. The number of amides is 1. The zero-order valence-corrected chi connectivity index (χ0v) is 13.5. The third-order valence-corrected chi connectivity index (χ3v) is 4.77. The van der Waals surface area contributed by atoms with Gasteiger partial charge in [-0.1, -0.05) is 0 Å². The smallest absolute Gasteiger partial charge is 0.253 e. The summed E-state index contributed by atoms with van der Waals surface area (Å²) in [6.45, 7) is 1.41. The molecule has 2 N–H and O–H groups in total. The zero-order valence-electron chi connectivity index (χ0n) is 12.7. The molecule has 6 nitrogen and oxygen atoms in total. The van der Waals surface area contributed by atoms with Gasteiger partial charge in [-0.25, -0.2) is 13.6 Å². The van der Waals surface area contributed by atoms with E-state index in [1.165, 1.54) is 30.7 Å². The normalized spacial score (nSPS) is 18.9. The van der Waals surface area contributed by atoms with Crippen LogP contribution in [0, 0.1) is 0 Å². The summed E-state index contributed by atoms with van der Waals surface area (Å²) in [5, 5.41) is 5.04. The molecule has 1 fully saturated rings. The molecule has 122 valence electrons. The number of hydrogen-bond acceptors (Lipinski definition) is 4. The lowest BCUT2D eigenvalue weighted by molar-refractivity contribution is 0.00709. The average molecular weight is 326 g/mol. The molecule has 1 atom stereocenters. The zero-order chi connectivity index (χ0) is 16.2. The van der Waals surface area contributed by atoms with Gasteiger partial charge in [0.1, 0.15) is 0 Å². The fourth-order valence-corrected chi connectivity index (χ4v) is 3.00. The van der Waals surface area contributed by atoms with Gasteiger partial charge >= 0.3 is 0 Å². The molecule has 0 aromatic heterocycles. The van der Waals surface area contributed by atoms with E-state index in [1.54, 1.807) is 11.9 Å². The molecular formula is C15H22N2O4S. The SMILES string of the molecule is CN(CC[C@@H]1CCCCO1)C(=O)c1ccc(S(N)(=O)=O)cc1. The molecule has 7 heteroatoms. The van der Waals surface area contributed by atoms with E-state index in [-0.39, 0.29) is 16.9 Å². The van der Waals surface area contributed by atoms with Crippen molar-refractivity contribution >= 4 is 15.9 Å². The van der Waals surface area contributed by atoms with Gasteiger partial charge in [-0.2, -0.15) is 0 Å². The lowest BCUT2D eigenvalue weighted by Crippen LogP contribution is -2.31. The number of carbonyl (C=O) groups excluding carboxylic acids is 1. The minimum Gasteiger partial charge on any atom is -0.378 e. The van der Waals surface area contributed by atoms with Gasteiger partial charge in [-0.05, 0) is 49.9 Å². The highest BCUT2D eigenvalue weighted by molar-refractivity contribution is 7.89. The summed E-state index contributed by atoms with van der Waals surface area (Å²) in [4.78, 5) is 13.9. The number of benzene rings is 1. The number of hydrogen-bond donors (Lipinski definition) is 1. The predicted molar refractivity (Wildman–Crippen MR) is 83.0 cm³/mol. The molecule has 0 radical (unpaired) electrons. The van der Waals surface area contributed by atoms with E-state index in [2.05, 4.69) is 0 Å². The van der Waals surface area contributed by atoms with Crippen molar-refractivity contribution in [3.05, 3.63) is 29.8 Å². The summed E-state index contributed by atoms with van der Waals surface area (Å²) in [5.74, 6) is -0.142. The van der Waals surface area contributed by atoms with E-state index >= 15 is 0 Å². The molecule has 1 aliphatic rings. The molecule has 1 saturated heterocycles. The summed E-state index contributed by atoms with van der Waals surface area (Å²) in [6, 6.07) is 5.66. The first kappa shape index (κ1) is 16.9. The Morgan fingerprint density at radius 1 is 1.32 bits per heavy atom. The van der Waals surface area contributed by atoms with E-state index < -0.39 is 10.0 Å². The molecule has 0 bridgehead atoms. The Bertz CT molecular complexity index is 607. The van der Waals surface area contributed by atoms with Crippen LogP contribution in [-0.2, 0) is 14.8 Å². The van der Waals surface area contributed by atoms with Gasteiger partial charge in [-0.15, -0.1) is 0 Å². The molecule has 2 rings (SSSR count). The largest absolute Gasteiger partial charge is 0.378 e. The van der Waals surface area contributed by atoms with Gasteiger partial charge in [-0.3, -0.25) is 4.79 Å². The van der Waals surface area contributed by atoms with Crippen LogP contribution >= 0.6 is 0 Å². The van der Waals surface area contributed by atoms with Crippen LogP contribution in [0.3, 0.4) is 0 Å². The Kier molecular flexibility index (Phi) is 5.55. The second-order valence-electron chi connectivity index (χ2n) is 5.57. The average Bonchev–Trinajstić information content (AvgIpc) is 2.52. The number of sulfonamides is 1. The third-order valence-electron chi connectivity index (χ3n) is 3.84. The quantitative estimate of drug-likeness (QED) is 0.885. The topological polar surface area (TPSA) is 89.7 Å². The van der Waals surface area contributed by atoms with Gasteiger partial charge in [0.25, 0.3) is 5.91 Å². The van der Waals surface area contributed by atoms with E-state index in [4.69, 9.17) is 9.88 Å². The van der Waals surface area contributed by atoms with Crippen LogP contribution in [0.5, 0.6) is 0 Å². The number of rotatable bonds is 5. The molecule has 0 unspecified atom stereocenters. The second-order valence-corrected chi connectivity index (χ2v) is 7.13. The Morgan fingerprint density at radius 2 is 2.00 bits per heavy atom. The predicted octanol–water partition coefficient (Wildman–Crippen LogP) is 1.37. The van der Waals surface area contributed by atoms with Crippen LogP contribution in [0.25, 0.3) is 0 Å². The summed E-state index contributed by atoms with van der Waals surface area (Å²) < 4.78 is 28.0. The lowest BCUT2D eigenvalue weighted by atomic mass is 10.1. The van der Waals surface area contributed by atoms with Gasteiger partial charge < -0.3 is 9.64 Å². The minimum atomic E-state index is -3.73. The second kappa shape index (κ2) is 7.21.